The zero-order valence-corrected chi connectivity index (χ0v) is 16.3. The van der Waals surface area contributed by atoms with E-state index in [1.807, 2.05) is 0 Å². The summed E-state index contributed by atoms with van der Waals surface area (Å²) in [5.74, 6) is -1.32. The number of carbonyl (C=O) groups excluding carboxylic acids is 2. The molecule has 1 spiro atoms. The summed E-state index contributed by atoms with van der Waals surface area (Å²) < 4.78 is 13.2. The Balaban J connectivity index is 1.74. The van der Waals surface area contributed by atoms with Crippen LogP contribution in [0, 0.1) is 17.7 Å². The summed E-state index contributed by atoms with van der Waals surface area (Å²) in [5.41, 5.74) is 0.650. The standard InChI is InChI=1S/C21H21ClFN3O2/c1-11(2)18-10-16(19(27)24-14-6-4-13(23)5-7-14)21(26-18)15-9-12(22)3-8-17(15)25-20(21)28/h3-9,11,16,18,26H,10H2,1-2H3,(H,24,27)(H,25,28)/t16-,18-,21+/m0/s1. The van der Waals surface area contributed by atoms with Crippen LogP contribution in [-0.4, -0.2) is 17.9 Å². The van der Waals surface area contributed by atoms with Gasteiger partial charge in [0.1, 0.15) is 11.4 Å². The van der Waals surface area contributed by atoms with Crippen LogP contribution >= 0.6 is 11.6 Å². The van der Waals surface area contributed by atoms with Gasteiger partial charge in [0.25, 0.3) is 0 Å². The molecule has 0 radical (unpaired) electrons. The van der Waals surface area contributed by atoms with E-state index < -0.39 is 11.5 Å². The SMILES string of the molecule is CC(C)[C@@H]1C[C@@H](C(=O)Nc2ccc(F)cc2)[C@@]2(N1)C(=O)Nc1ccc(Cl)cc12. The maximum atomic E-state index is 13.2. The highest BCUT2D eigenvalue weighted by Gasteiger charge is 2.60. The van der Waals surface area contributed by atoms with Crippen molar-refractivity contribution in [3.63, 3.8) is 0 Å². The van der Waals surface area contributed by atoms with E-state index in [2.05, 4.69) is 29.8 Å². The molecule has 0 unspecified atom stereocenters. The Morgan fingerprint density at radius 2 is 1.96 bits per heavy atom. The largest absolute Gasteiger partial charge is 0.326 e. The van der Waals surface area contributed by atoms with Gasteiger partial charge in [-0.05, 0) is 54.8 Å². The number of rotatable bonds is 3. The zero-order valence-electron chi connectivity index (χ0n) is 15.6. The lowest BCUT2D eigenvalue weighted by Crippen LogP contribution is -2.52. The summed E-state index contributed by atoms with van der Waals surface area (Å²) in [6.45, 7) is 4.11. The highest BCUT2D eigenvalue weighted by molar-refractivity contribution is 6.31. The number of fused-ring (bicyclic) bond motifs is 2. The molecule has 28 heavy (non-hydrogen) atoms. The Labute approximate surface area is 167 Å². The fourth-order valence-electron chi connectivity index (χ4n) is 4.17. The van der Waals surface area contributed by atoms with Gasteiger partial charge in [0.05, 0.1) is 5.92 Å². The Kier molecular flexibility index (Phi) is 4.63. The summed E-state index contributed by atoms with van der Waals surface area (Å²) in [6.07, 6.45) is 0.504. The van der Waals surface area contributed by atoms with Gasteiger partial charge >= 0.3 is 0 Å². The second-order valence-electron chi connectivity index (χ2n) is 7.73. The van der Waals surface area contributed by atoms with Gasteiger partial charge in [-0.25, -0.2) is 4.39 Å². The number of amides is 2. The zero-order chi connectivity index (χ0) is 20.1. The molecule has 0 bridgehead atoms. The molecule has 3 atom stereocenters. The number of hydrogen-bond acceptors (Lipinski definition) is 3. The number of carbonyl (C=O) groups is 2. The van der Waals surface area contributed by atoms with Crippen molar-refractivity contribution in [3.05, 3.63) is 58.9 Å². The first-order valence-electron chi connectivity index (χ1n) is 9.27. The van der Waals surface area contributed by atoms with Gasteiger partial charge in [-0.15, -0.1) is 0 Å². The van der Waals surface area contributed by atoms with Gasteiger partial charge < -0.3 is 10.6 Å². The van der Waals surface area contributed by atoms with Gasteiger partial charge in [0, 0.05) is 28.0 Å². The molecule has 7 heteroatoms. The Bertz CT molecular complexity index is 947. The molecule has 1 fully saturated rings. The third-order valence-electron chi connectivity index (χ3n) is 5.67. The molecule has 5 nitrogen and oxygen atoms in total. The minimum Gasteiger partial charge on any atom is -0.326 e. The summed E-state index contributed by atoms with van der Waals surface area (Å²) in [6, 6.07) is 10.8. The van der Waals surface area contributed by atoms with E-state index in [4.69, 9.17) is 11.6 Å². The fourth-order valence-corrected chi connectivity index (χ4v) is 4.34. The second-order valence-corrected chi connectivity index (χ2v) is 8.17. The van der Waals surface area contributed by atoms with Crippen LogP contribution in [0.25, 0.3) is 0 Å². The van der Waals surface area contributed by atoms with Crippen LogP contribution in [0.2, 0.25) is 5.02 Å². The van der Waals surface area contributed by atoms with E-state index in [1.165, 1.54) is 24.3 Å². The molecule has 2 heterocycles. The van der Waals surface area contributed by atoms with Crippen LogP contribution in [0.4, 0.5) is 15.8 Å². The molecule has 3 N–H and O–H groups in total. The molecule has 0 saturated carbocycles. The molecule has 0 aromatic heterocycles. The van der Waals surface area contributed by atoms with Crippen molar-refractivity contribution in [2.24, 2.45) is 11.8 Å². The average molecular weight is 402 g/mol. The Morgan fingerprint density at radius 1 is 1.25 bits per heavy atom. The lowest BCUT2D eigenvalue weighted by molar-refractivity contribution is -0.130. The molecule has 146 valence electrons. The van der Waals surface area contributed by atoms with Crippen LogP contribution in [0.1, 0.15) is 25.8 Å². The molecule has 0 aliphatic carbocycles. The third-order valence-corrected chi connectivity index (χ3v) is 5.91. The summed E-state index contributed by atoms with van der Waals surface area (Å²) in [7, 11) is 0. The molecule has 2 aliphatic heterocycles. The Hall–Kier alpha value is -2.44. The van der Waals surface area contributed by atoms with Crippen molar-refractivity contribution in [3.8, 4) is 0 Å². The molecule has 2 aromatic carbocycles. The van der Waals surface area contributed by atoms with Crippen molar-refractivity contribution >= 4 is 34.8 Å². The average Bonchev–Trinajstić information content (AvgIpc) is 3.18. The maximum absolute atomic E-state index is 13.2. The first-order valence-corrected chi connectivity index (χ1v) is 9.64. The molecular weight excluding hydrogens is 381 g/mol. The van der Waals surface area contributed by atoms with E-state index >= 15 is 0 Å². The molecular formula is C21H21ClFN3O2. The maximum Gasteiger partial charge on any atom is 0.250 e. The normalized spacial score (nSPS) is 25.8. The van der Waals surface area contributed by atoms with Crippen LogP contribution in [0.15, 0.2) is 42.5 Å². The number of anilines is 2. The van der Waals surface area contributed by atoms with Crippen LogP contribution in [0.5, 0.6) is 0 Å². The topological polar surface area (TPSA) is 70.2 Å². The van der Waals surface area contributed by atoms with E-state index in [0.29, 0.717) is 28.4 Å². The smallest absolute Gasteiger partial charge is 0.250 e. The van der Waals surface area contributed by atoms with Crippen LogP contribution in [0.3, 0.4) is 0 Å². The highest BCUT2D eigenvalue weighted by atomic mass is 35.5. The predicted octanol–water partition coefficient (Wildman–Crippen LogP) is 3.90. The van der Waals surface area contributed by atoms with Crippen molar-refractivity contribution in [1.82, 2.24) is 5.32 Å². The van der Waals surface area contributed by atoms with Crippen LogP contribution in [-0.2, 0) is 15.1 Å². The number of halogens is 2. The van der Waals surface area contributed by atoms with Crippen LogP contribution < -0.4 is 16.0 Å². The molecule has 4 rings (SSSR count). The number of nitrogens with one attached hydrogen (secondary N) is 3. The van der Waals surface area contributed by atoms with E-state index in [-0.39, 0.29) is 29.6 Å². The first kappa shape index (κ1) is 18.9. The van der Waals surface area contributed by atoms with E-state index in [0.717, 1.165) is 0 Å². The van der Waals surface area contributed by atoms with Gasteiger partial charge in [0.15, 0.2) is 0 Å². The Morgan fingerprint density at radius 3 is 2.64 bits per heavy atom. The monoisotopic (exact) mass is 401 g/mol. The van der Waals surface area contributed by atoms with Crippen molar-refractivity contribution in [2.45, 2.75) is 31.8 Å². The molecule has 1 saturated heterocycles. The first-order chi connectivity index (χ1) is 13.3. The fraction of sp³-hybridized carbons (Fsp3) is 0.333. The van der Waals surface area contributed by atoms with Gasteiger partial charge in [-0.3, -0.25) is 14.9 Å². The number of hydrogen-bond donors (Lipinski definition) is 3. The lowest BCUT2D eigenvalue weighted by Gasteiger charge is -2.29. The summed E-state index contributed by atoms with van der Waals surface area (Å²) >= 11 is 6.20. The lowest BCUT2D eigenvalue weighted by atomic mass is 9.79. The van der Waals surface area contributed by atoms with Gasteiger partial charge in [-0.1, -0.05) is 25.4 Å². The van der Waals surface area contributed by atoms with E-state index in [9.17, 15) is 14.0 Å². The molecule has 2 aromatic rings. The van der Waals surface area contributed by atoms with Gasteiger partial charge in [-0.2, -0.15) is 0 Å². The summed E-state index contributed by atoms with van der Waals surface area (Å²) in [4.78, 5) is 26.3. The quantitative estimate of drug-likeness (QED) is 0.730. The highest BCUT2D eigenvalue weighted by Crippen LogP contribution is 2.48. The minimum atomic E-state index is -1.18. The minimum absolute atomic E-state index is 0.0142. The summed E-state index contributed by atoms with van der Waals surface area (Å²) in [5, 5.41) is 9.65. The third kappa shape index (κ3) is 2.97. The van der Waals surface area contributed by atoms with Crippen molar-refractivity contribution < 1.29 is 14.0 Å². The van der Waals surface area contributed by atoms with Crippen molar-refractivity contribution in [2.75, 3.05) is 10.6 Å². The number of benzene rings is 2. The molecule has 2 aliphatic rings. The second kappa shape index (κ2) is 6.87. The molecule has 2 amide bonds. The van der Waals surface area contributed by atoms with E-state index in [1.54, 1.807) is 18.2 Å². The van der Waals surface area contributed by atoms with Crippen molar-refractivity contribution in [1.29, 1.82) is 0 Å². The predicted molar refractivity (Wildman–Crippen MR) is 107 cm³/mol. The van der Waals surface area contributed by atoms with Gasteiger partial charge in [0.2, 0.25) is 11.8 Å².